The van der Waals surface area contributed by atoms with Crippen LogP contribution in [0.15, 0.2) is 59.8 Å². The van der Waals surface area contributed by atoms with Crippen molar-refractivity contribution in [1.29, 1.82) is 0 Å². The number of rotatable bonds is 9. The number of H-pyrrole nitrogens is 1. The van der Waals surface area contributed by atoms with Crippen LogP contribution in [-0.4, -0.2) is 55.6 Å². The molecule has 0 spiro atoms. The molecule has 0 saturated carbocycles. The first kappa shape index (κ1) is 23.9. The number of pyridine rings is 1. The molecule has 37 heavy (non-hydrogen) atoms. The van der Waals surface area contributed by atoms with Gasteiger partial charge in [0.15, 0.2) is 5.82 Å². The highest BCUT2D eigenvalue weighted by Gasteiger charge is 2.22. The van der Waals surface area contributed by atoms with E-state index in [-0.39, 0.29) is 17.1 Å². The van der Waals surface area contributed by atoms with E-state index in [1.807, 2.05) is 36.4 Å². The molecule has 0 aliphatic rings. The average Bonchev–Trinajstić information content (AvgIpc) is 3.64. The molecule has 0 radical (unpaired) electrons. The van der Waals surface area contributed by atoms with E-state index in [9.17, 15) is 14.7 Å². The van der Waals surface area contributed by atoms with E-state index in [0.29, 0.717) is 18.8 Å². The SMILES string of the molecule is CCCCc1cn(-c2c(C(=O)O)cnn2C)c(=O)n1Cc1ccc(-c2ccccc2-c2nn[nH]n2)nc1. The van der Waals surface area contributed by atoms with E-state index in [1.165, 1.54) is 15.4 Å². The molecule has 0 unspecified atom stereocenters. The summed E-state index contributed by atoms with van der Waals surface area (Å²) in [5.74, 6) is -0.440. The lowest BCUT2D eigenvalue weighted by Crippen LogP contribution is -2.26. The van der Waals surface area contributed by atoms with Crippen molar-refractivity contribution in [3.63, 3.8) is 0 Å². The van der Waals surface area contributed by atoms with Crippen molar-refractivity contribution in [1.82, 2.24) is 44.5 Å². The highest BCUT2D eigenvalue weighted by atomic mass is 16.4. The van der Waals surface area contributed by atoms with Crippen LogP contribution in [0.5, 0.6) is 0 Å². The topological polar surface area (TPSA) is 149 Å². The fourth-order valence-corrected chi connectivity index (χ4v) is 4.31. The first-order chi connectivity index (χ1) is 18.0. The first-order valence-corrected chi connectivity index (χ1v) is 11.8. The van der Waals surface area contributed by atoms with Gasteiger partial charge in [-0.1, -0.05) is 43.7 Å². The van der Waals surface area contributed by atoms with E-state index in [0.717, 1.165) is 40.9 Å². The smallest absolute Gasteiger partial charge is 0.341 e. The molecule has 0 fully saturated rings. The highest BCUT2D eigenvalue weighted by Crippen LogP contribution is 2.28. The highest BCUT2D eigenvalue weighted by molar-refractivity contribution is 5.91. The van der Waals surface area contributed by atoms with Gasteiger partial charge in [-0.05, 0) is 29.7 Å². The number of benzene rings is 1. The minimum atomic E-state index is -1.14. The number of aryl methyl sites for hydroxylation is 2. The minimum absolute atomic E-state index is 0.0323. The van der Waals surface area contributed by atoms with Gasteiger partial charge in [0.05, 0.1) is 18.4 Å². The van der Waals surface area contributed by atoms with Gasteiger partial charge in [-0.15, -0.1) is 10.2 Å². The van der Waals surface area contributed by atoms with Gasteiger partial charge in [-0.3, -0.25) is 18.8 Å². The summed E-state index contributed by atoms with van der Waals surface area (Å²) in [5, 5.41) is 27.9. The third kappa shape index (κ3) is 4.56. The summed E-state index contributed by atoms with van der Waals surface area (Å²) in [7, 11) is 1.62. The molecule has 12 heteroatoms. The molecular weight excluding hydrogens is 474 g/mol. The first-order valence-electron chi connectivity index (χ1n) is 11.8. The number of hydrogen-bond donors (Lipinski definition) is 2. The molecule has 5 aromatic rings. The maximum absolute atomic E-state index is 13.5. The summed E-state index contributed by atoms with van der Waals surface area (Å²) in [5.41, 5.74) is 3.69. The second-order valence-electron chi connectivity index (χ2n) is 8.61. The number of nitrogens with zero attached hydrogens (tertiary/aromatic N) is 8. The number of tetrazole rings is 1. The number of carbonyl (C=O) groups is 1. The van der Waals surface area contributed by atoms with E-state index in [1.54, 1.807) is 24.0 Å². The summed E-state index contributed by atoms with van der Waals surface area (Å²) < 4.78 is 4.43. The van der Waals surface area contributed by atoms with Crippen LogP contribution in [0.25, 0.3) is 28.5 Å². The number of aromatic carboxylic acids is 1. The predicted octanol–water partition coefficient (Wildman–Crippen LogP) is 2.70. The minimum Gasteiger partial charge on any atom is -0.477 e. The molecule has 5 rings (SSSR count). The number of carboxylic acid groups (broad SMARTS) is 1. The lowest BCUT2D eigenvalue weighted by molar-refractivity contribution is 0.0696. The quantitative estimate of drug-likeness (QED) is 0.314. The molecule has 188 valence electrons. The Morgan fingerprint density at radius 3 is 2.59 bits per heavy atom. The number of hydrogen-bond acceptors (Lipinski definition) is 7. The zero-order valence-corrected chi connectivity index (χ0v) is 20.4. The average molecular weight is 500 g/mol. The van der Waals surface area contributed by atoms with Crippen LogP contribution in [-0.2, 0) is 20.0 Å². The zero-order chi connectivity index (χ0) is 25.9. The van der Waals surface area contributed by atoms with Crippen LogP contribution < -0.4 is 5.69 Å². The van der Waals surface area contributed by atoms with Crippen LogP contribution in [0.1, 0.15) is 41.4 Å². The van der Waals surface area contributed by atoms with Crippen LogP contribution >= 0.6 is 0 Å². The van der Waals surface area contributed by atoms with Crippen LogP contribution in [0.2, 0.25) is 0 Å². The Kier molecular flexibility index (Phi) is 6.45. The molecule has 0 aliphatic carbocycles. The second kappa shape index (κ2) is 10.0. The van der Waals surface area contributed by atoms with E-state index < -0.39 is 5.97 Å². The van der Waals surface area contributed by atoms with E-state index >= 15 is 0 Å². The Morgan fingerprint density at radius 1 is 1.11 bits per heavy atom. The normalized spacial score (nSPS) is 11.2. The number of nitrogens with one attached hydrogen (secondary N) is 1. The summed E-state index contributed by atoms with van der Waals surface area (Å²) in [6.07, 6.45) is 7.24. The van der Waals surface area contributed by atoms with Gasteiger partial charge in [0.25, 0.3) is 0 Å². The molecule has 0 amide bonds. The van der Waals surface area contributed by atoms with Crippen molar-refractivity contribution in [3.8, 4) is 28.5 Å². The predicted molar refractivity (Wildman–Crippen MR) is 134 cm³/mol. The summed E-state index contributed by atoms with van der Waals surface area (Å²) >= 11 is 0. The molecule has 1 aromatic carbocycles. The summed E-state index contributed by atoms with van der Waals surface area (Å²) in [4.78, 5) is 29.9. The number of aromatic nitrogens is 9. The Balaban J connectivity index is 1.50. The molecule has 12 nitrogen and oxygen atoms in total. The van der Waals surface area contributed by atoms with Gasteiger partial charge in [0.2, 0.25) is 5.82 Å². The van der Waals surface area contributed by atoms with E-state index in [4.69, 9.17) is 0 Å². The molecule has 0 atom stereocenters. The van der Waals surface area contributed by atoms with E-state index in [2.05, 4.69) is 37.6 Å². The van der Waals surface area contributed by atoms with Crippen LogP contribution in [0.3, 0.4) is 0 Å². The molecule has 4 aromatic heterocycles. The van der Waals surface area contributed by atoms with Crippen molar-refractivity contribution < 1.29 is 9.90 Å². The van der Waals surface area contributed by atoms with Crippen LogP contribution in [0, 0.1) is 0 Å². The van der Waals surface area contributed by atoms with Gasteiger partial charge < -0.3 is 5.11 Å². The zero-order valence-electron chi connectivity index (χ0n) is 20.4. The van der Waals surface area contributed by atoms with Crippen molar-refractivity contribution in [3.05, 3.63) is 82.3 Å². The van der Waals surface area contributed by atoms with Crippen molar-refractivity contribution in [2.24, 2.45) is 7.05 Å². The molecule has 0 aliphatic heterocycles. The number of carboxylic acids is 1. The second-order valence-corrected chi connectivity index (χ2v) is 8.61. The third-order valence-electron chi connectivity index (χ3n) is 6.17. The van der Waals surface area contributed by atoms with Gasteiger partial charge in [-0.25, -0.2) is 9.59 Å². The fraction of sp³-hybridized carbons (Fsp3) is 0.240. The van der Waals surface area contributed by atoms with Gasteiger partial charge in [0.1, 0.15) is 5.56 Å². The summed E-state index contributed by atoms with van der Waals surface area (Å²) in [6, 6.07) is 11.5. The lowest BCUT2D eigenvalue weighted by Gasteiger charge is -2.09. The van der Waals surface area contributed by atoms with Crippen molar-refractivity contribution in [2.75, 3.05) is 0 Å². The standard InChI is InChI=1S/C25H25N9O3/c1-3-4-7-17-15-34(23-20(24(35)36)13-27-32(23)2)25(37)33(17)14-16-10-11-21(26-12-16)18-8-5-6-9-19(18)22-28-30-31-29-22/h5-6,8-13,15H,3-4,7,14H2,1-2H3,(H,35,36)(H,28,29,30,31). The van der Waals surface area contributed by atoms with Crippen molar-refractivity contribution in [2.45, 2.75) is 32.7 Å². The molecule has 0 saturated heterocycles. The fourth-order valence-electron chi connectivity index (χ4n) is 4.31. The van der Waals surface area contributed by atoms with Crippen LogP contribution in [0.4, 0.5) is 0 Å². The maximum Gasteiger partial charge on any atom is 0.341 e. The third-order valence-corrected chi connectivity index (χ3v) is 6.17. The molecule has 2 N–H and O–H groups in total. The van der Waals surface area contributed by atoms with Gasteiger partial charge in [-0.2, -0.15) is 10.3 Å². The van der Waals surface area contributed by atoms with Crippen molar-refractivity contribution >= 4 is 5.97 Å². The monoisotopic (exact) mass is 499 g/mol. The Labute approximate surface area is 211 Å². The Hall–Kier alpha value is -4.87. The Morgan fingerprint density at radius 2 is 1.92 bits per heavy atom. The molecule has 4 heterocycles. The number of unbranched alkanes of at least 4 members (excludes halogenated alkanes) is 1. The number of imidazole rings is 1. The Bertz CT molecular complexity index is 1600. The van der Waals surface area contributed by atoms with Gasteiger partial charge in [0, 0.05) is 36.3 Å². The molecule has 0 bridgehead atoms. The largest absolute Gasteiger partial charge is 0.477 e. The number of aromatic amines is 1. The van der Waals surface area contributed by atoms with Gasteiger partial charge >= 0.3 is 11.7 Å². The molecular formula is C25H25N9O3. The lowest BCUT2D eigenvalue weighted by atomic mass is 10.0. The summed E-state index contributed by atoms with van der Waals surface area (Å²) in [6.45, 7) is 2.38. The maximum atomic E-state index is 13.5.